The third kappa shape index (κ3) is 5.11. The summed E-state index contributed by atoms with van der Waals surface area (Å²) in [6, 6.07) is 0.414. The number of unbranched alkanes of at least 4 members (excludes halogenated alkanes) is 1. The molecule has 1 saturated heterocycles. The van der Waals surface area contributed by atoms with Gasteiger partial charge in [-0.2, -0.15) is 11.8 Å². The Morgan fingerprint density at radius 2 is 2.36 bits per heavy atom. The summed E-state index contributed by atoms with van der Waals surface area (Å²) in [6.07, 6.45) is 4.86. The van der Waals surface area contributed by atoms with Gasteiger partial charge in [-0.25, -0.2) is 0 Å². The molecule has 1 aliphatic rings. The predicted octanol–water partition coefficient (Wildman–Crippen LogP) is 2.41. The molecule has 1 aliphatic heterocycles. The normalized spacial score (nSPS) is 21.9. The van der Waals surface area contributed by atoms with Gasteiger partial charge < -0.3 is 5.32 Å². The first-order valence-electron chi connectivity index (χ1n) is 5.26. The largest absolute Gasteiger partial charge is 0.353 e. The van der Waals surface area contributed by atoms with E-state index in [1.54, 1.807) is 0 Å². The van der Waals surface area contributed by atoms with Crippen LogP contribution in [0.4, 0.5) is 0 Å². The second-order valence-corrected chi connectivity index (χ2v) is 5.16. The third-order valence-electron chi connectivity index (χ3n) is 2.31. The van der Waals surface area contributed by atoms with Gasteiger partial charge >= 0.3 is 0 Å². The Kier molecular flexibility index (Phi) is 6.45. The summed E-state index contributed by atoms with van der Waals surface area (Å²) in [6.45, 7) is 0. The van der Waals surface area contributed by atoms with Crippen LogP contribution in [-0.2, 0) is 4.79 Å². The Labute approximate surface area is 95.2 Å². The quantitative estimate of drug-likeness (QED) is 0.586. The van der Waals surface area contributed by atoms with Gasteiger partial charge in [0.2, 0.25) is 5.91 Å². The van der Waals surface area contributed by atoms with E-state index in [2.05, 4.69) is 5.32 Å². The van der Waals surface area contributed by atoms with E-state index in [0.29, 0.717) is 18.3 Å². The summed E-state index contributed by atoms with van der Waals surface area (Å²) in [5, 5.41) is 3.07. The summed E-state index contributed by atoms with van der Waals surface area (Å²) in [7, 11) is 0. The number of rotatable bonds is 5. The average Bonchev–Trinajstić information content (AvgIpc) is 2.20. The van der Waals surface area contributed by atoms with E-state index >= 15 is 0 Å². The molecular formula is C10H18ClNOS. The SMILES string of the molecule is O=C(CCCCCl)NC1CCCSC1. The lowest BCUT2D eigenvalue weighted by molar-refractivity contribution is -0.121. The fourth-order valence-corrected chi connectivity index (χ4v) is 2.80. The van der Waals surface area contributed by atoms with Crippen LogP contribution in [0.5, 0.6) is 0 Å². The zero-order chi connectivity index (χ0) is 10.2. The van der Waals surface area contributed by atoms with E-state index in [4.69, 9.17) is 11.6 Å². The molecular weight excluding hydrogens is 218 g/mol. The van der Waals surface area contributed by atoms with E-state index in [1.807, 2.05) is 11.8 Å². The molecule has 0 radical (unpaired) electrons. The van der Waals surface area contributed by atoms with E-state index < -0.39 is 0 Å². The van der Waals surface area contributed by atoms with Crippen LogP contribution in [0.15, 0.2) is 0 Å². The Morgan fingerprint density at radius 3 is 3.00 bits per heavy atom. The van der Waals surface area contributed by atoms with Gasteiger partial charge in [-0.15, -0.1) is 11.6 Å². The minimum absolute atomic E-state index is 0.197. The lowest BCUT2D eigenvalue weighted by Crippen LogP contribution is -2.38. The molecule has 0 saturated carbocycles. The fraction of sp³-hybridized carbons (Fsp3) is 0.900. The number of hydrogen-bond acceptors (Lipinski definition) is 2. The van der Waals surface area contributed by atoms with Crippen LogP contribution in [0.25, 0.3) is 0 Å². The van der Waals surface area contributed by atoms with Crippen LogP contribution < -0.4 is 5.32 Å². The van der Waals surface area contributed by atoms with Crippen molar-refractivity contribution >= 4 is 29.3 Å². The number of alkyl halides is 1. The van der Waals surface area contributed by atoms with E-state index in [-0.39, 0.29) is 5.91 Å². The molecule has 82 valence electrons. The Morgan fingerprint density at radius 1 is 1.50 bits per heavy atom. The summed E-state index contributed by atoms with van der Waals surface area (Å²) in [5.74, 6) is 3.19. The first-order chi connectivity index (χ1) is 6.83. The maximum absolute atomic E-state index is 11.4. The van der Waals surface area contributed by atoms with Crippen molar-refractivity contribution in [2.24, 2.45) is 0 Å². The molecule has 14 heavy (non-hydrogen) atoms. The number of carbonyl (C=O) groups is 1. The second-order valence-electron chi connectivity index (χ2n) is 3.63. The summed E-state index contributed by atoms with van der Waals surface area (Å²) >= 11 is 7.48. The molecule has 1 fully saturated rings. The second kappa shape index (κ2) is 7.41. The van der Waals surface area contributed by atoms with Crippen molar-refractivity contribution in [2.75, 3.05) is 17.4 Å². The minimum atomic E-state index is 0.197. The van der Waals surface area contributed by atoms with Crippen molar-refractivity contribution in [3.8, 4) is 0 Å². The molecule has 0 aliphatic carbocycles. The van der Waals surface area contributed by atoms with Gasteiger partial charge in [0.1, 0.15) is 0 Å². The molecule has 1 N–H and O–H groups in total. The van der Waals surface area contributed by atoms with Crippen LogP contribution in [-0.4, -0.2) is 29.3 Å². The number of halogens is 1. The highest BCUT2D eigenvalue weighted by atomic mass is 35.5. The molecule has 0 bridgehead atoms. The van der Waals surface area contributed by atoms with Gasteiger partial charge in [-0.1, -0.05) is 0 Å². The van der Waals surface area contributed by atoms with E-state index in [9.17, 15) is 4.79 Å². The maximum Gasteiger partial charge on any atom is 0.220 e. The van der Waals surface area contributed by atoms with Crippen molar-refractivity contribution in [1.82, 2.24) is 5.32 Å². The predicted molar refractivity (Wildman–Crippen MR) is 63.1 cm³/mol. The van der Waals surface area contributed by atoms with Crippen LogP contribution in [0.3, 0.4) is 0 Å². The third-order valence-corrected chi connectivity index (χ3v) is 3.80. The van der Waals surface area contributed by atoms with Crippen molar-refractivity contribution in [3.05, 3.63) is 0 Å². The molecule has 0 aromatic carbocycles. The molecule has 1 unspecified atom stereocenters. The van der Waals surface area contributed by atoms with Gasteiger partial charge in [-0.05, 0) is 31.4 Å². The lowest BCUT2D eigenvalue weighted by Gasteiger charge is -2.22. The van der Waals surface area contributed by atoms with Crippen molar-refractivity contribution in [3.63, 3.8) is 0 Å². The van der Waals surface area contributed by atoms with E-state index in [0.717, 1.165) is 25.0 Å². The number of nitrogens with one attached hydrogen (secondary N) is 1. The summed E-state index contributed by atoms with van der Waals surface area (Å²) in [5.41, 5.74) is 0. The molecule has 1 heterocycles. The monoisotopic (exact) mass is 235 g/mol. The number of amides is 1. The average molecular weight is 236 g/mol. The molecule has 4 heteroatoms. The van der Waals surface area contributed by atoms with Gasteiger partial charge in [-0.3, -0.25) is 4.79 Å². The van der Waals surface area contributed by atoms with Crippen LogP contribution in [0, 0.1) is 0 Å². The van der Waals surface area contributed by atoms with Gasteiger partial charge in [0.25, 0.3) is 0 Å². The first-order valence-corrected chi connectivity index (χ1v) is 6.95. The number of carbonyl (C=O) groups excluding carboxylic acids is 1. The molecule has 0 spiro atoms. The lowest BCUT2D eigenvalue weighted by atomic mass is 10.1. The van der Waals surface area contributed by atoms with Gasteiger partial charge in [0, 0.05) is 24.1 Å². The van der Waals surface area contributed by atoms with E-state index in [1.165, 1.54) is 12.2 Å². The number of thioether (sulfide) groups is 1. The highest BCUT2D eigenvalue weighted by Gasteiger charge is 2.15. The molecule has 0 aromatic rings. The zero-order valence-corrected chi connectivity index (χ0v) is 10.0. The molecule has 2 nitrogen and oxygen atoms in total. The smallest absolute Gasteiger partial charge is 0.220 e. The topological polar surface area (TPSA) is 29.1 Å². The minimum Gasteiger partial charge on any atom is -0.353 e. The van der Waals surface area contributed by atoms with Gasteiger partial charge in [0.05, 0.1) is 0 Å². The highest BCUT2D eigenvalue weighted by Crippen LogP contribution is 2.16. The molecule has 1 atom stereocenters. The standard InChI is InChI=1S/C10H18ClNOS/c11-6-2-1-5-10(13)12-9-4-3-7-14-8-9/h9H,1-8H2,(H,12,13). The van der Waals surface area contributed by atoms with Crippen molar-refractivity contribution in [2.45, 2.75) is 38.1 Å². The first kappa shape index (κ1) is 12.2. The molecule has 0 aromatic heterocycles. The van der Waals surface area contributed by atoms with Crippen molar-refractivity contribution in [1.29, 1.82) is 0 Å². The van der Waals surface area contributed by atoms with Gasteiger partial charge in [0.15, 0.2) is 0 Å². The van der Waals surface area contributed by atoms with Crippen LogP contribution >= 0.6 is 23.4 Å². The fourth-order valence-electron chi connectivity index (χ4n) is 1.53. The Balaban J connectivity index is 2.06. The van der Waals surface area contributed by atoms with Crippen molar-refractivity contribution < 1.29 is 4.79 Å². The molecule has 1 amide bonds. The molecule has 1 rings (SSSR count). The maximum atomic E-state index is 11.4. The van der Waals surface area contributed by atoms with Crippen LogP contribution in [0.2, 0.25) is 0 Å². The summed E-state index contributed by atoms with van der Waals surface area (Å²) < 4.78 is 0. The highest BCUT2D eigenvalue weighted by molar-refractivity contribution is 7.99. The summed E-state index contributed by atoms with van der Waals surface area (Å²) in [4.78, 5) is 11.4. The Hall–Kier alpha value is 0.110. The number of hydrogen-bond donors (Lipinski definition) is 1. The van der Waals surface area contributed by atoms with Crippen LogP contribution in [0.1, 0.15) is 32.1 Å². The Bertz CT molecular complexity index is 172. The zero-order valence-electron chi connectivity index (χ0n) is 8.43.